The summed E-state index contributed by atoms with van der Waals surface area (Å²) in [5.74, 6) is 2.66. The average Bonchev–Trinajstić information content (AvgIpc) is 2.90. The first-order chi connectivity index (χ1) is 16.7. The number of halogens is 2. The molecule has 0 saturated carbocycles. The monoisotopic (exact) mass is 640 g/mol. The lowest BCUT2D eigenvalue weighted by molar-refractivity contribution is -0.114. The molecule has 3 rings (SSSR count). The fourth-order valence-electron chi connectivity index (χ4n) is 3.85. The summed E-state index contributed by atoms with van der Waals surface area (Å²) in [6.07, 6.45) is 1.97. The van der Waals surface area contributed by atoms with Crippen molar-refractivity contribution in [1.29, 1.82) is 0 Å². The second-order valence-corrected chi connectivity index (χ2v) is 18.7. The molecule has 0 amide bonds. The summed E-state index contributed by atoms with van der Waals surface area (Å²) in [7, 11) is 4.18. The van der Waals surface area contributed by atoms with Crippen molar-refractivity contribution in [3.8, 4) is 28.7 Å². The Bertz CT molecular complexity index is 1200. The lowest BCUT2D eigenvalue weighted by atomic mass is 9.92. The first-order valence-electron chi connectivity index (χ1n) is 11.5. The Labute approximate surface area is 231 Å². The first kappa shape index (κ1) is 28.6. The maximum absolute atomic E-state index is 13.3. The predicted molar refractivity (Wildman–Crippen MR) is 153 cm³/mol. The maximum atomic E-state index is 13.3. The lowest BCUT2D eigenvalue weighted by Crippen LogP contribution is -2.43. The van der Waals surface area contributed by atoms with Gasteiger partial charge in [-0.2, -0.15) is 0 Å². The molecule has 0 heterocycles. The molecule has 1 aliphatic rings. The number of carbonyl (C=O) groups excluding carboxylic acids is 1. The van der Waals surface area contributed by atoms with E-state index in [2.05, 4.69) is 65.7 Å². The summed E-state index contributed by atoms with van der Waals surface area (Å²) in [4.78, 5) is 13.3. The molecule has 2 aromatic carbocycles. The fourth-order valence-corrected chi connectivity index (χ4v) is 5.65. The maximum Gasteiger partial charge on any atom is 0.250 e. The van der Waals surface area contributed by atoms with E-state index in [0.717, 1.165) is 22.3 Å². The molecule has 0 atom stereocenters. The zero-order valence-corrected chi connectivity index (χ0v) is 26.5. The molecule has 1 aliphatic carbocycles. The van der Waals surface area contributed by atoms with Crippen molar-refractivity contribution >= 4 is 51.5 Å². The molecule has 6 nitrogen and oxygen atoms in total. The van der Waals surface area contributed by atoms with Crippen molar-refractivity contribution in [2.24, 2.45) is 0 Å². The molecule has 0 N–H and O–H groups in total. The third-order valence-electron chi connectivity index (χ3n) is 6.90. The summed E-state index contributed by atoms with van der Waals surface area (Å²) < 4.78 is 28.3. The Kier molecular flexibility index (Phi) is 8.27. The molecular formula is C27H34Br2O6Si. The number of hydrogen-bond acceptors (Lipinski definition) is 6. The standard InChI is InChI=1S/C27H34Br2O6Si/c1-26(2,3)36(8,9)35-21-12-16(10-11-20(21)31-4)17-14-23(30)27(28,29)15-19-18(17)13-22(32-5)25(34-7)24(19)33-6/h10-14H,15H2,1-9H3. The van der Waals surface area contributed by atoms with Crippen LogP contribution in [0.25, 0.3) is 5.57 Å². The van der Waals surface area contributed by atoms with Gasteiger partial charge in [0.15, 0.2) is 23.0 Å². The molecule has 2 aromatic rings. The molecule has 0 radical (unpaired) electrons. The van der Waals surface area contributed by atoms with Crippen LogP contribution in [-0.4, -0.2) is 45.8 Å². The van der Waals surface area contributed by atoms with Gasteiger partial charge in [-0.15, -0.1) is 0 Å². The van der Waals surface area contributed by atoms with E-state index in [9.17, 15) is 4.79 Å². The molecule has 9 heteroatoms. The van der Waals surface area contributed by atoms with Crippen molar-refractivity contribution < 1.29 is 28.2 Å². The fraction of sp³-hybridized carbons (Fsp3) is 0.444. The molecule has 0 spiro atoms. The van der Waals surface area contributed by atoms with Gasteiger partial charge in [0.1, 0.15) is 8.98 Å². The van der Waals surface area contributed by atoms with Gasteiger partial charge >= 0.3 is 0 Å². The van der Waals surface area contributed by atoms with Crippen LogP contribution in [0.3, 0.4) is 0 Å². The number of hydrogen-bond donors (Lipinski definition) is 0. The smallest absolute Gasteiger partial charge is 0.250 e. The largest absolute Gasteiger partial charge is 0.541 e. The zero-order chi connectivity index (χ0) is 27.1. The van der Waals surface area contributed by atoms with Gasteiger partial charge in [-0.25, -0.2) is 0 Å². The molecule has 0 fully saturated rings. The minimum atomic E-state index is -2.16. The van der Waals surface area contributed by atoms with Crippen LogP contribution >= 0.6 is 31.9 Å². The van der Waals surface area contributed by atoms with E-state index in [-0.39, 0.29) is 10.8 Å². The molecular weight excluding hydrogens is 608 g/mol. The Morgan fingerprint density at radius 1 is 0.861 bits per heavy atom. The van der Waals surface area contributed by atoms with Crippen LogP contribution in [0, 0.1) is 0 Å². The van der Waals surface area contributed by atoms with E-state index in [1.807, 2.05) is 24.3 Å². The van der Waals surface area contributed by atoms with Gasteiger partial charge in [0.05, 0.1) is 28.4 Å². The highest BCUT2D eigenvalue weighted by molar-refractivity contribution is 9.26. The minimum absolute atomic E-state index is 0.000974. The Morgan fingerprint density at radius 3 is 2.00 bits per heavy atom. The van der Waals surface area contributed by atoms with E-state index in [0.29, 0.717) is 35.2 Å². The summed E-state index contributed by atoms with van der Waals surface area (Å²) in [6.45, 7) is 10.9. The quantitative estimate of drug-likeness (QED) is 0.236. The number of carbonyl (C=O) groups is 1. The Hall–Kier alpha value is -1.97. The summed E-state index contributed by atoms with van der Waals surface area (Å²) in [6, 6.07) is 7.64. The van der Waals surface area contributed by atoms with Crippen molar-refractivity contribution in [2.45, 2.75) is 48.6 Å². The van der Waals surface area contributed by atoms with Crippen molar-refractivity contribution in [2.75, 3.05) is 28.4 Å². The van der Waals surface area contributed by atoms with Crippen LogP contribution in [0.2, 0.25) is 18.1 Å². The highest BCUT2D eigenvalue weighted by Crippen LogP contribution is 2.50. The SMILES string of the molecule is COc1ccc(C2=CC(=O)C(Br)(Br)Cc3c2cc(OC)c(OC)c3OC)cc1O[Si](C)(C)C(C)(C)C. The van der Waals surface area contributed by atoms with Gasteiger partial charge in [-0.3, -0.25) is 4.79 Å². The van der Waals surface area contributed by atoms with E-state index < -0.39 is 11.6 Å². The normalized spacial score (nSPS) is 15.4. The molecule has 196 valence electrons. The second-order valence-electron chi connectivity index (χ2n) is 10.2. The number of benzene rings is 2. The Balaban J connectivity index is 2.31. The van der Waals surface area contributed by atoms with Gasteiger partial charge in [-0.1, -0.05) is 58.7 Å². The minimum Gasteiger partial charge on any atom is -0.541 e. The Morgan fingerprint density at radius 2 is 1.47 bits per heavy atom. The average molecular weight is 642 g/mol. The van der Waals surface area contributed by atoms with Crippen LogP contribution in [0.1, 0.15) is 37.5 Å². The van der Waals surface area contributed by atoms with Crippen LogP contribution < -0.4 is 23.4 Å². The van der Waals surface area contributed by atoms with E-state index in [1.165, 1.54) is 0 Å². The van der Waals surface area contributed by atoms with Crippen molar-refractivity contribution in [1.82, 2.24) is 0 Å². The second kappa shape index (κ2) is 10.4. The third kappa shape index (κ3) is 5.33. The van der Waals surface area contributed by atoms with Gasteiger partial charge in [0.2, 0.25) is 5.75 Å². The first-order valence-corrected chi connectivity index (χ1v) is 16.0. The van der Waals surface area contributed by atoms with Crippen LogP contribution in [-0.2, 0) is 11.2 Å². The van der Waals surface area contributed by atoms with Crippen molar-refractivity contribution in [3.05, 3.63) is 47.0 Å². The van der Waals surface area contributed by atoms with Crippen LogP contribution in [0.5, 0.6) is 28.7 Å². The topological polar surface area (TPSA) is 63.2 Å². The van der Waals surface area contributed by atoms with Crippen molar-refractivity contribution in [3.63, 3.8) is 0 Å². The highest BCUT2D eigenvalue weighted by atomic mass is 79.9. The van der Waals surface area contributed by atoms with Gasteiger partial charge < -0.3 is 23.4 Å². The zero-order valence-electron chi connectivity index (χ0n) is 22.3. The third-order valence-corrected chi connectivity index (χ3v) is 12.6. The summed E-state index contributed by atoms with van der Waals surface area (Å²) >= 11 is 7.16. The lowest BCUT2D eigenvalue weighted by Gasteiger charge is -2.37. The number of fused-ring (bicyclic) bond motifs is 1. The van der Waals surface area contributed by atoms with E-state index in [4.69, 9.17) is 23.4 Å². The summed E-state index contributed by atoms with van der Waals surface area (Å²) in [5, 5.41) is 0.000974. The number of rotatable bonds is 7. The number of allylic oxidation sites excluding steroid dienone is 1. The van der Waals surface area contributed by atoms with Crippen LogP contribution in [0.4, 0.5) is 0 Å². The number of methoxy groups -OCH3 is 4. The molecule has 0 aromatic heterocycles. The molecule has 0 aliphatic heterocycles. The van der Waals surface area contributed by atoms with Crippen LogP contribution in [0.15, 0.2) is 30.3 Å². The van der Waals surface area contributed by atoms with Gasteiger partial charge in [0, 0.05) is 12.0 Å². The highest BCUT2D eigenvalue weighted by Gasteiger charge is 2.41. The number of alkyl halides is 2. The number of ether oxygens (including phenoxy) is 4. The molecule has 0 bridgehead atoms. The summed E-state index contributed by atoms with van der Waals surface area (Å²) in [5.41, 5.74) is 3.15. The molecule has 36 heavy (non-hydrogen) atoms. The number of ketones is 1. The molecule has 0 saturated heterocycles. The van der Waals surface area contributed by atoms with Gasteiger partial charge in [-0.05, 0) is 59.1 Å². The van der Waals surface area contributed by atoms with Gasteiger partial charge in [0.25, 0.3) is 8.32 Å². The molecule has 0 unspecified atom stereocenters. The predicted octanol–water partition coefficient (Wildman–Crippen LogP) is 7.15. The van der Waals surface area contributed by atoms with E-state index in [1.54, 1.807) is 34.5 Å². The van der Waals surface area contributed by atoms with E-state index >= 15 is 0 Å².